The summed E-state index contributed by atoms with van der Waals surface area (Å²) in [5, 5.41) is -0.237. The van der Waals surface area contributed by atoms with Crippen LogP contribution in [0, 0.1) is 0 Å². The fourth-order valence-electron chi connectivity index (χ4n) is 3.15. The van der Waals surface area contributed by atoms with Gasteiger partial charge in [0.25, 0.3) is 11.1 Å². The van der Waals surface area contributed by atoms with Crippen LogP contribution in [0.5, 0.6) is 11.5 Å². The lowest BCUT2D eigenvalue weighted by Crippen LogP contribution is -2.29. The van der Waals surface area contributed by atoms with Crippen molar-refractivity contribution < 1.29 is 19.1 Å². The first-order chi connectivity index (χ1) is 15.0. The number of aryl methyl sites for hydroxylation is 1. The smallest absolute Gasteiger partial charge is 0.293 e. The second-order valence-corrected chi connectivity index (χ2v) is 8.63. The van der Waals surface area contributed by atoms with E-state index in [1.165, 1.54) is 10.5 Å². The molecular weight excluding hydrogens is 478 g/mol. The van der Waals surface area contributed by atoms with Gasteiger partial charge in [-0.05, 0) is 76.8 Å². The number of benzene rings is 2. The minimum Gasteiger partial charge on any atom is -0.490 e. The molecule has 1 aliphatic heterocycles. The number of nitrogens with zero attached hydrogens (tertiary/aromatic N) is 1. The topological polar surface area (TPSA) is 55.8 Å². The SMILES string of the molecule is C=CCOc1c(Br)cc(/C=C2/SC(=O)N(CCCc3ccccc3)C2=O)cc1OCC. The molecule has 0 radical (unpaired) electrons. The highest BCUT2D eigenvalue weighted by Gasteiger charge is 2.34. The molecule has 3 rings (SSSR count). The standard InChI is InChI=1S/C24H24BrNO4S/c1-3-13-30-22-19(25)14-18(15-20(22)29-4-2)16-21-23(27)26(24(28)31-21)12-8-11-17-9-6-5-7-10-17/h3,5-7,9-10,14-16H,1,4,8,11-13H2,2H3/b21-16+. The highest BCUT2D eigenvalue weighted by Crippen LogP contribution is 2.39. The minimum atomic E-state index is -0.260. The van der Waals surface area contributed by atoms with Gasteiger partial charge in [-0.3, -0.25) is 14.5 Å². The first-order valence-electron chi connectivity index (χ1n) is 10.0. The van der Waals surface area contributed by atoms with E-state index in [1.54, 1.807) is 18.2 Å². The van der Waals surface area contributed by atoms with E-state index in [2.05, 4.69) is 22.5 Å². The van der Waals surface area contributed by atoms with Crippen LogP contribution in [0.4, 0.5) is 4.79 Å². The Bertz CT molecular complexity index is 991. The molecule has 2 aromatic rings. The Hall–Kier alpha value is -2.51. The molecule has 0 aromatic heterocycles. The molecule has 5 nitrogen and oxygen atoms in total. The van der Waals surface area contributed by atoms with Gasteiger partial charge in [0.05, 0.1) is 16.0 Å². The number of rotatable bonds is 10. The lowest BCUT2D eigenvalue weighted by atomic mass is 10.1. The van der Waals surface area contributed by atoms with Crippen LogP contribution >= 0.6 is 27.7 Å². The Labute approximate surface area is 195 Å². The zero-order chi connectivity index (χ0) is 22.2. The molecular formula is C24H24BrNO4S. The van der Waals surface area contributed by atoms with E-state index in [0.29, 0.717) is 40.6 Å². The van der Waals surface area contributed by atoms with Crippen molar-refractivity contribution in [3.8, 4) is 11.5 Å². The first-order valence-corrected chi connectivity index (χ1v) is 11.6. The van der Waals surface area contributed by atoms with Crippen LogP contribution in [0.2, 0.25) is 0 Å². The quantitative estimate of drug-likeness (QED) is 0.291. The Morgan fingerprint density at radius 2 is 1.94 bits per heavy atom. The van der Waals surface area contributed by atoms with Gasteiger partial charge < -0.3 is 9.47 Å². The van der Waals surface area contributed by atoms with E-state index < -0.39 is 0 Å². The number of thioether (sulfide) groups is 1. The molecule has 1 fully saturated rings. The van der Waals surface area contributed by atoms with Crippen LogP contribution in [-0.4, -0.2) is 35.8 Å². The molecule has 7 heteroatoms. The van der Waals surface area contributed by atoms with E-state index in [9.17, 15) is 9.59 Å². The number of hydrogen-bond donors (Lipinski definition) is 0. The van der Waals surface area contributed by atoms with Crippen molar-refractivity contribution in [3.05, 3.63) is 75.6 Å². The molecule has 0 N–H and O–H groups in total. The molecule has 0 atom stereocenters. The van der Waals surface area contributed by atoms with Gasteiger partial charge in [0, 0.05) is 6.54 Å². The lowest BCUT2D eigenvalue weighted by molar-refractivity contribution is -0.122. The molecule has 162 valence electrons. The maximum absolute atomic E-state index is 12.8. The molecule has 0 bridgehead atoms. The number of carbonyl (C=O) groups excluding carboxylic acids is 2. The molecule has 1 saturated heterocycles. The molecule has 0 saturated carbocycles. The zero-order valence-corrected chi connectivity index (χ0v) is 19.7. The van der Waals surface area contributed by atoms with Crippen LogP contribution in [0.15, 0.2) is 64.5 Å². The largest absolute Gasteiger partial charge is 0.490 e. The third-order valence-electron chi connectivity index (χ3n) is 4.54. The number of ether oxygens (including phenoxy) is 2. The zero-order valence-electron chi connectivity index (χ0n) is 17.3. The van der Waals surface area contributed by atoms with Crippen molar-refractivity contribution in [2.24, 2.45) is 0 Å². The summed E-state index contributed by atoms with van der Waals surface area (Å²) in [4.78, 5) is 26.9. The number of amides is 2. The summed E-state index contributed by atoms with van der Waals surface area (Å²) in [6, 6.07) is 13.7. The van der Waals surface area contributed by atoms with E-state index >= 15 is 0 Å². The van der Waals surface area contributed by atoms with Gasteiger partial charge in [0.15, 0.2) is 11.5 Å². The third kappa shape index (κ3) is 6.02. The predicted molar refractivity (Wildman–Crippen MR) is 128 cm³/mol. The van der Waals surface area contributed by atoms with Crippen molar-refractivity contribution in [1.82, 2.24) is 4.90 Å². The lowest BCUT2D eigenvalue weighted by Gasteiger charge is -2.14. The second kappa shape index (κ2) is 11.2. The maximum atomic E-state index is 12.8. The van der Waals surface area contributed by atoms with Crippen molar-refractivity contribution in [2.45, 2.75) is 19.8 Å². The first kappa shape index (κ1) is 23.2. The number of carbonyl (C=O) groups is 2. The Kier molecular flexibility index (Phi) is 8.37. The number of imide groups is 1. The number of halogens is 1. The van der Waals surface area contributed by atoms with Gasteiger partial charge in [0.2, 0.25) is 0 Å². The molecule has 1 heterocycles. The molecule has 1 aliphatic rings. The van der Waals surface area contributed by atoms with Crippen molar-refractivity contribution in [1.29, 1.82) is 0 Å². The van der Waals surface area contributed by atoms with E-state index in [1.807, 2.05) is 43.3 Å². The monoisotopic (exact) mass is 501 g/mol. The second-order valence-electron chi connectivity index (χ2n) is 6.79. The summed E-state index contributed by atoms with van der Waals surface area (Å²) in [6.07, 6.45) is 4.92. The highest BCUT2D eigenvalue weighted by atomic mass is 79.9. The molecule has 0 aliphatic carbocycles. The molecule has 2 amide bonds. The third-order valence-corrected chi connectivity index (χ3v) is 6.03. The summed E-state index contributed by atoms with van der Waals surface area (Å²) in [6.45, 7) is 6.77. The average molecular weight is 502 g/mol. The van der Waals surface area contributed by atoms with E-state index in [0.717, 1.165) is 30.2 Å². The van der Waals surface area contributed by atoms with E-state index in [-0.39, 0.29) is 11.1 Å². The molecule has 0 spiro atoms. The van der Waals surface area contributed by atoms with Gasteiger partial charge in [-0.25, -0.2) is 0 Å². The average Bonchev–Trinajstić information content (AvgIpc) is 3.01. The van der Waals surface area contributed by atoms with Crippen molar-refractivity contribution >= 4 is 44.9 Å². The summed E-state index contributed by atoms with van der Waals surface area (Å²) in [7, 11) is 0. The predicted octanol–water partition coefficient (Wildman–Crippen LogP) is 6.08. The van der Waals surface area contributed by atoms with Crippen LogP contribution in [0.3, 0.4) is 0 Å². The van der Waals surface area contributed by atoms with Gasteiger partial charge >= 0.3 is 0 Å². The van der Waals surface area contributed by atoms with Crippen LogP contribution < -0.4 is 9.47 Å². The normalized spacial score (nSPS) is 14.9. The fraction of sp³-hybridized carbons (Fsp3) is 0.250. The maximum Gasteiger partial charge on any atom is 0.293 e. The fourth-order valence-corrected chi connectivity index (χ4v) is 4.59. The number of hydrogen-bond acceptors (Lipinski definition) is 5. The molecule has 31 heavy (non-hydrogen) atoms. The Morgan fingerprint density at radius 3 is 2.65 bits per heavy atom. The van der Waals surface area contributed by atoms with Gasteiger partial charge in [-0.2, -0.15) is 0 Å². The Balaban J connectivity index is 1.73. The van der Waals surface area contributed by atoms with Gasteiger partial charge in [-0.15, -0.1) is 0 Å². The van der Waals surface area contributed by atoms with Gasteiger partial charge in [0.1, 0.15) is 6.61 Å². The van der Waals surface area contributed by atoms with Crippen molar-refractivity contribution in [2.75, 3.05) is 19.8 Å². The van der Waals surface area contributed by atoms with Crippen LogP contribution in [-0.2, 0) is 11.2 Å². The summed E-state index contributed by atoms with van der Waals surface area (Å²) in [5.41, 5.74) is 1.94. The minimum absolute atomic E-state index is 0.237. The molecule has 2 aromatic carbocycles. The van der Waals surface area contributed by atoms with Crippen molar-refractivity contribution in [3.63, 3.8) is 0 Å². The highest BCUT2D eigenvalue weighted by molar-refractivity contribution is 9.10. The summed E-state index contributed by atoms with van der Waals surface area (Å²) in [5.74, 6) is 0.879. The van der Waals surface area contributed by atoms with Crippen LogP contribution in [0.1, 0.15) is 24.5 Å². The van der Waals surface area contributed by atoms with E-state index in [4.69, 9.17) is 9.47 Å². The van der Waals surface area contributed by atoms with Crippen LogP contribution in [0.25, 0.3) is 6.08 Å². The van der Waals surface area contributed by atoms with Gasteiger partial charge in [-0.1, -0.05) is 43.0 Å². The summed E-state index contributed by atoms with van der Waals surface area (Å²) < 4.78 is 12.1. The summed E-state index contributed by atoms with van der Waals surface area (Å²) >= 11 is 4.47. The Morgan fingerprint density at radius 1 is 1.16 bits per heavy atom. The molecule has 0 unspecified atom stereocenters.